The Morgan fingerprint density at radius 3 is 2.39 bits per heavy atom. The number of hydrogen-bond donors (Lipinski definition) is 1. The number of nitrogens with zero attached hydrogens (tertiary/aromatic N) is 2. The molecule has 0 unspecified atom stereocenters. The summed E-state index contributed by atoms with van der Waals surface area (Å²) >= 11 is 5.56. The van der Waals surface area contributed by atoms with E-state index in [9.17, 15) is 26.4 Å². The van der Waals surface area contributed by atoms with E-state index in [1.165, 1.54) is 0 Å². The molecule has 6 nitrogen and oxygen atoms in total. The summed E-state index contributed by atoms with van der Waals surface area (Å²) in [6.07, 6.45) is -3.94. The van der Waals surface area contributed by atoms with Crippen LogP contribution >= 0.6 is 11.6 Å². The molecule has 158 valence electrons. The van der Waals surface area contributed by atoms with Crippen LogP contribution in [0.2, 0.25) is 5.02 Å². The van der Waals surface area contributed by atoms with Crippen molar-refractivity contribution < 1.29 is 26.4 Å². The van der Waals surface area contributed by atoms with Gasteiger partial charge in [-0.15, -0.1) is 0 Å². The first-order valence-electron chi connectivity index (χ1n) is 8.83. The predicted molar refractivity (Wildman–Crippen MR) is 99.5 cm³/mol. The Labute approximate surface area is 167 Å². The van der Waals surface area contributed by atoms with E-state index in [0.29, 0.717) is 19.2 Å². The second-order valence-electron chi connectivity index (χ2n) is 6.70. The van der Waals surface area contributed by atoms with E-state index < -0.39 is 31.7 Å². The van der Waals surface area contributed by atoms with E-state index in [2.05, 4.69) is 5.32 Å². The van der Waals surface area contributed by atoms with Crippen molar-refractivity contribution in [2.24, 2.45) is 0 Å². The molecule has 0 saturated carbocycles. The number of nitrogens with one attached hydrogen (secondary N) is 1. The molecule has 1 N–H and O–H groups in total. The lowest BCUT2D eigenvalue weighted by atomic mass is 10.2. The highest BCUT2D eigenvalue weighted by Gasteiger charge is 2.36. The number of alkyl halides is 3. The minimum atomic E-state index is -4.75. The number of piperazine rings is 1. The zero-order valence-corrected chi connectivity index (χ0v) is 17.2. The van der Waals surface area contributed by atoms with Crippen molar-refractivity contribution >= 4 is 27.5 Å². The van der Waals surface area contributed by atoms with Gasteiger partial charge in [0.15, 0.2) is 0 Å². The molecule has 0 aliphatic carbocycles. The third-order valence-corrected chi connectivity index (χ3v) is 6.82. The summed E-state index contributed by atoms with van der Waals surface area (Å²) in [5, 5.41) is 2.29. The van der Waals surface area contributed by atoms with E-state index in [-0.39, 0.29) is 31.6 Å². The van der Waals surface area contributed by atoms with Crippen LogP contribution in [-0.4, -0.2) is 62.3 Å². The van der Waals surface area contributed by atoms with Crippen molar-refractivity contribution in [3.8, 4) is 0 Å². The standard InChI is InChI=1S/C17H23ClF3N3O3S/c1-3-12(2)22-16(25)11-23-6-8-24(9-7-23)28(26,27)13-4-5-15(18)14(10-13)17(19,20)21/h4-5,10,12H,3,6-9,11H2,1-2H3,(H,22,25)/t12-/m1/s1. The maximum Gasteiger partial charge on any atom is 0.417 e. The van der Waals surface area contributed by atoms with Gasteiger partial charge in [-0.3, -0.25) is 9.69 Å². The summed E-state index contributed by atoms with van der Waals surface area (Å²) in [6.45, 7) is 4.79. The molecule has 1 aliphatic rings. The minimum absolute atomic E-state index is 0.0573. The molecule has 0 radical (unpaired) electrons. The first-order valence-corrected chi connectivity index (χ1v) is 10.7. The molecule has 1 aromatic rings. The third-order valence-electron chi connectivity index (χ3n) is 4.60. The second kappa shape index (κ2) is 8.98. The molecule has 0 bridgehead atoms. The summed E-state index contributed by atoms with van der Waals surface area (Å²) < 4.78 is 65.6. The summed E-state index contributed by atoms with van der Waals surface area (Å²) in [6, 6.07) is 2.62. The van der Waals surface area contributed by atoms with Gasteiger partial charge in [-0.25, -0.2) is 8.42 Å². The minimum Gasteiger partial charge on any atom is -0.353 e. The maximum atomic E-state index is 13.0. The molecule has 11 heteroatoms. The highest BCUT2D eigenvalue weighted by molar-refractivity contribution is 7.89. The molecule has 28 heavy (non-hydrogen) atoms. The zero-order chi connectivity index (χ0) is 21.1. The number of halogens is 4. The molecule has 0 spiro atoms. The van der Waals surface area contributed by atoms with Crippen LogP contribution < -0.4 is 5.32 Å². The SMILES string of the molecule is CC[C@@H](C)NC(=O)CN1CCN(S(=O)(=O)c2ccc(Cl)c(C(F)(F)F)c2)CC1. The lowest BCUT2D eigenvalue weighted by Gasteiger charge is -2.33. The van der Waals surface area contributed by atoms with Crippen LogP contribution in [0.25, 0.3) is 0 Å². The van der Waals surface area contributed by atoms with E-state index in [4.69, 9.17) is 11.6 Å². The van der Waals surface area contributed by atoms with Crippen LogP contribution in [0.1, 0.15) is 25.8 Å². The number of amides is 1. The average molecular weight is 442 g/mol. The largest absolute Gasteiger partial charge is 0.417 e. The van der Waals surface area contributed by atoms with Crippen LogP contribution in [0.4, 0.5) is 13.2 Å². The molecule has 1 aromatic carbocycles. The molecular weight excluding hydrogens is 419 g/mol. The van der Waals surface area contributed by atoms with Gasteiger partial charge in [-0.1, -0.05) is 18.5 Å². The van der Waals surface area contributed by atoms with E-state index in [0.717, 1.165) is 22.9 Å². The summed E-state index contributed by atoms with van der Waals surface area (Å²) in [4.78, 5) is 13.3. The van der Waals surface area contributed by atoms with Gasteiger partial charge >= 0.3 is 6.18 Å². The van der Waals surface area contributed by atoms with Gasteiger partial charge in [0, 0.05) is 32.2 Å². The molecule has 0 aromatic heterocycles. The van der Waals surface area contributed by atoms with Gasteiger partial charge in [-0.05, 0) is 31.5 Å². The normalized spacial score (nSPS) is 18.1. The second-order valence-corrected chi connectivity index (χ2v) is 9.04. The van der Waals surface area contributed by atoms with Crippen molar-refractivity contribution in [1.82, 2.24) is 14.5 Å². The van der Waals surface area contributed by atoms with Gasteiger partial charge in [0.2, 0.25) is 15.9 Å². The summed E-state index contributed by atoms with van der Waals surface area (Å²) in [5.41, 5.74) is -1.18. The monoisotopic (exact) mass is 441 g/mol. The molecule has 1 fully saturated rings. The van der Waals surface area contributed by atoms with Crippen molar-refractivity contribution in [3.05, 3.63) is 28.8 Å². The van der Waals surface area contributed by atoms with Crippen molar-refractivity contribution in [2.75, 3.05) is 32.7 Å². The Balaban J connectivity index is 2.05. The first-order chi connectivity index (χ1) is 12.9. The molecule has 2 rings (SSSR count). The summed E-state index contributed by atoms with van der Waals surface area (Å²) in [5.74, 6) is -0.141. The van der Waals surface area contributed by atoms with Gasteiger partial charge < -0.3 is 5.32 Å². The fourth-order valence-corrected chi connectivity index (χ4v) is 4.46. The van der Waals surface area contributed by atoms with Crippen LogP contribution in [0.3, 0.4) is 0 Å². The Morgan fingerprint density at radius 2 is 1.86 bits per heavy atom. The lowest BCUT2D eigenvalue weighted by molar-refractivity contribution is -0.137. The van der Waals surface area contributed by atoms with E-state index in [1.54, 1.807) is 0 Å². The van der Waals surface area contributed by atoms with Crippen LogP contribution in [0.15, 0.2) is 23.1 Å². The first kappa shape index (κ1) is 22.9. The maximum absolute atomic E-state index is 13.0. The number of rotatable bonds is 6. The van der Waals surface area contributed by atoms with Crippen molar-refractivity contribution in [2.45, 2.75) is 37.4 Å². The number of carbonyl (C=O) groups is 1. The molecule has 1 atom stereocenters. The van der Waals surface area contributed by atoms with Gasteiger partial charge in [0.25, 0.3) is 0 Å². The fraction of sp³-hybridized carbons (Fsp3) is 0.588. The number of carbonyl (C=O) groups excluding carboxylic acids is 1. The Bertz CT molecular complexity index is 810. The molecule has 1 saturated heterocycles. The Morgan fingerprint density at radius 1 is 1.25 bits per heavy atom. The molecular formula is C17H23ClF3N3O3S. The highest BCUT2D eigenvalue weighted by atomic mass is 35.5. The Hall–Kier alpha value is -1.36. The van der Waals surface area contributed by atoms with Crippen molar-refractivity contribution in [3.63, 3.8) is 0 Å². The van der Waals surface area contributed by atoms with Gasteiger partial charge in [0.1, 0.15) is 0 Å². The third kappa shape index (κ3) is 5.59. The van der Waals surface area contributed by atoms with Crippen LogP contribution in [0, 0.1) is 0 Å². The average Bonchev–Trinajstić information content (AvgIpc) is 2.61. The number of hydrogen-bond acceptors (Lipinski definition) is 4. The van der Waals surface area contributed by atoms with Gasteiger partial charge in [0.05, 0.1) is 22.0 Å². The zero-order valence-electron chi connectivity index (χ0n) is 15.6. The predicted octanol–water partition coefficient (Wildman–Crippen LogP) is 2.58. The molecule has 1 heterocycles. The topological polar surface area (TPSA) is 69.7 Å². The van der Waals surface area contributed by atoms with Gasteiger partial charge in [-0.2, -0.15) is 17.5 Å². The lowest BCUT2D eigenvalue weighted by Crippen LogP contribution is -2.51. The summed E-state index contributed by atoms with van der Waals surface area (Å²) in [7, 11) is -4.09. The quantitative estimate of drug-likeness (QED) is 0.736. The highest BCUT2D eigenvalue weighted by Crippen LogP contribution is 2.36. The molecule has 1 amide bonds. The van der Waals surface area contributed by atoms with E-state index >= 15 is 0 Å². The Kier molecular flexibility index (Phi) is 7.35. The molecule has 1 aliphatic heterocycles. The smallest absolute Gasteiger partial charge is 0.353 e. The van der Waals surface area contributed by atoms with Crippen LogP contribution in [0.5, 0.6) is 0 Å². The van der Waals surface area contributed by atoms with Crippen LogP contribution in [-0.2, 0) is 21.0 Å². The fourth-order valence-electron chi connectivity index (χ4n) is 2.78. The number of benzene rings is 1. The number of sulfonamides is 1. The van der Waals surface area contributed by atoms with Crippen molar-refractivity contribution in [1.29, 1.82) is 0 Å². The van der Waals surface area contributed by atoms with E-state index in [1.807, 2.05) is 18.7 Å².